The van der Waals surface area contributed by atoms with Gasteiger partial charge in [-0.3, -0.25) is 0 Å². The van der Waals surface area contributed by atoms with Crippen molar-refractivity contribution >= 4 is 26.7 Å². The Bertz CT molecular complexity index is 802. The fourth-order valence-electron chi connectivity index (χ4n) is 2.13. The summed E-state index contributed by atoms with van der Waals surface area (Å²) in [5.74, 6) is 2.15. The van der Waals surface area contributed by atoms with E-state index in [-0.39, 0.29) is 0 Å². The molecule has 0 N–H and O–H groups in total. The number of rotatable bonds is 3. The molecule has 0 aliphatic carbocycles. The van der Waals surface area contributed by atoms with Gasteiger partial charge in [-0.15, -0.1) is 0 Å². The molecule has 0 atom stereocenters. The molecule has 106 valence electrons. The molecule has 3 aromatic rings. The van der Waals surface area contributed by atoms with Gasteiger partial charge < -0.3 is 9.47 Å². The van der Waals surface area contributed by atoms with Crippen LogP contribution in [0.25, 0.3) is 10.8 Å². The Morgan fingerprint density at radius 1 is 1.05 bits per heavy atom. The number of aryl methyl sites for hydroxylation is 1. The van der Waals surface area contributed by atoms with Gasteiger partial charge in [0.25, 0.3) is 0 Å². The second-order valence-corrected chi connectivity index (χ2v) is 5.59. The molecule has 0 amide bonds. The normalized spacial score (nSPS) is 10.6. The molecule has 0 saturated carbocycles. The summed E-state index contributed by atoms with van der Waals surface area (Å²) in [5.41, 5.74) is 1.17. The lowest BCUT2D eigenvalue weighted by Crippen LogP contribution is -1.91. The lowest BCUT2D eigenvalue weighted by atomic mass is 10.1. The summed E-state index contributed by atoms with van der Waals surface area (Å²) < 4.78 is 12.1. The highest BCUT2D eigenvalue weighted by Gasteiger charge is 2.08. The first kappa shape index (κ1) is 13.9. The van der Waals surface area contributed by atoms with Crippen molar-refractivity contribution in [3.63, 3.8) is 0 Å². The molecule has 0 fully saturated rings. The average molecular weight is 344 g/mol. The van der Waals surface area contributed by atoms with Crippen molar-refractivity contribution in [1.29, 1.82) is 0 Å². The van der Waals surface area contributed by atoms with Crippen LogP contribution >= 0.6 is 15.9 Å². The quantitative estimate of drug-likeness (QED) is 0.662. The zero-order chi connectivity index (χ0) is 14.8. The molecule has 0 aliphatic rings. The smallest absolute Gasteiger partial charge is 0.227 e. The van der Waals surface area contributed by atoms with Crippen molar-refractivity contribution in [2.24, 2.45) is 0 Å². The highest BCUT2D eigenvalue weighted by Crippen LogP contribution is 2.33. The first-order valence-corrected chi connectivity index (χ1v) is 7.33. The summed E-state index contributed by atoms with van der Waals surface area (Å²) >= 11 is 3.52. The third-order valence-electron chi connectivity index (χ3n) is 3.23. The maximum Gasteiger partial charge on any atom is 0.227 e. The van der Waals surface area contributed by atoms with E-state index < -0.39 is 0 Å². The lowest BCUT2D eigenvalue weighted by molar-refractivity contribution is 0.415. The van der Waals surface area contributed by atoms with Crippen LogP contribution in [0.1, 0.15) is 5.56 Å². The number of ether oxygens (including phenoxy) is 2. The van der Waals surface area contributed by atoms with Gasteiger partial charge >= 0.3 is 0 Å². The second-order valence-electron chi connectivity index (χ2n) is 4.74. The van der Waals surface area contributed by atoms with Gasteiger partial charge in [-0.1, -0.05) is 6.07 Å². The fraction of sp³-hybridized carbons (Fsp3) is 0.118. The Hall–Kier alpha value is -2.07. The van der Waals surface area contributed by atoms with Crippen molar-refractivity contribution < 1.29 is 9.47 Å². The Morgan fingerprint density at radius 3 is 2.67 bits per heavy atom. The van der Waals surface area contributed by atoms with E-state index in [1.165, 1.54) is 5.56 Å². The topological polar surface area (TPSA) is 31.4 Å². The number of fused-ring (bicyclic) bond motifs is 1. The van der Waals surface area contributed by atoms with Crippen molar-refractivity contribution in [3.8, 4) is 17.4 Å². The predicted molar refractivity (Wildman–Crippen MR) is 87.2 cm³/mol. The van der Waals surface area contributed by atoms with Crippen LogP contribution in [0.4, 0.5) is 0 Å². The third kappa shape index (κ3) is 2.85. The SMILES string of the molecule is COc1ccc2c(Oc3ccc(C)cc3Br)nccc2c1. The molecule has 0 aliphatic heterocycles. The maximum absolute atomic E-state index is 5.95. The molecule has 0 saturated heterocycles. The molecule has 2 aromatic carbocycles. The van der Waals surface area contributed by atoms with Gasteiger partial charge in [0.1, 0.15) is 11.5 Å². The Balaban J connectivity index is 2.04. The van der Waals surface area contributed by atoms with E-state index in [0.29, 0.717) is 5.88 Å². The monoisotopic (exact) mass is 343 g/mol. The van der Waals surface area contributed by atoms with E-state index in [4.69, 9.17) is 9.47 Å². The summed E-state index contributed by atoms with van der Waals surface area (Å²) in [6, 6.07) is 13.7. The standard InChI is InChI=1S/C17H14BrNO2/c1-11-3-6-16(15(18)9-11)21-17-14-5-4-13(20-2)10-12(14)7-8-19-17/h3-10H,1-2H3. The van der Waals surface area contributed by atoms with Crippen molar-refractivity contribution in [1.82, 2.24) is 4.98 Å². The van der Waals surface area contributed by atoms with Crippen LogP contribution in [0.2, 0.25) is 0 Å². The molecular formula is C17H14BrNO2. The lowest BCUT2D eigenvalue weighted by Gasteiger charge is -2.10. The summed E-state index contributed by atoms with van der Waals surface area (Å²) in [4.78, 5) is 4.34. The van der Waals surface area contributed by atoms with E-state index in [9.17, 15) is 0 Å². The largest absolute Gasteiger partial charge is 0.497 e. The van der Waals surface area contributed by atoms with Crippen LogP contribution in [-0.2, 0) is 0 Å². The molecule has 0 bridgehead atoms. The van der Waals surface area contributed by atoms with Crippen LogP contribution in [0.5, 0.6) is 17.4 Å². The summed E-state index contributed by atoms with van der Waals surface area (Å²) in [6.07, 6.45) is 1.74. The van der Waals surface area contributed by atoms with Crippen molar-refractivity contribution in [2.45, 2.75) is 6.92 Å². The molecular weight excluding hydrogens is 330 g/mol. The minimum Gasteiger partial charge on any atom is -0.497 e. The van der Waals surface area contributed by atoms with E-state index in [1.807, 2.05) is 49.4 Å². The molecule has 1 aromatic heterocycles. The highest BCUT2D eigenvalue weighted by molar-refractivity contribution is 9.10. The number of halogens is 1. The first-order valence-electron chi connectivity index (χ1n) is 6.54. The zero-order valence-electron chi connectivity index (χ0n) is 11.8. The van der Waals surface area contributed by atoms with E-state index in [2.05, 4.69) is 20.9 Å². The number of hydrogen-bond acceptors (Lipinski definition) is 3. The van der Waals surface area contributed by atoms with E-state index >= 15 is 0 Å². The molecule has 21 heavy (non-hydrogen) atoms. The molecule has 0 radical (unpaired) electrons. The van der Waals surface area contributed by atoms with Gasteiger partial charge in [-0.2, -0.15) is 0 Å². The number of pyridine rings is 1. The minimum atomic E-state index is 0.583. The third-order valence-corrected chi connectivity index (χ3v) is 3.85. The number of aromatic nitrogens is 1. The van der Waals surface area contributed by atoms with Gasteiger partial charge in [0.2, 0.25) is 5.88 Å². The number of benzene rings is 2. The molecule has 3 nitrogen and oxygen atoms in total. The summed E-state index contributed by atoms with van der Waals surface area (Å²) in [5, 5.41) is 1.98. The second kappa shape index (κ2) is 5.74. The number of methoxy groups -OCH3 is 1. The van der Waals surface area contributed by atoms with Crippen molar-refractivity contribution in [2.75, 3.05) is 7.11 Å². The maximum atomic E-state index is 5.95. The highest BCUT2D eigenvalue weighted by atomic mass is 79.9. The Labute approximate surface area is 131 Å². The minimum absolute atomic E-state index is 0.583. The first-order chi connectivity index (χ1) is 10.2. The Morgan fingerprint density at radius 2 is 1.90 bits per heavy atom. The van der Waals surface area contributed by atoms with Gasteiger partial charge in [-0.25, -0.2) is 4.98 Å². The van der Waals surface area contributed by atoms with Crippen LogP contribution in [0.15, 0.2) is 53.1 Å². The Kier molecular flexibility index (Phi) is 3.80. The van der Waals surface area contributed by atoms with E-state index in [0.717, 1.165) is 26.7 Å². The molecule has 1 heterocycles. The van der Waals surface area contributed by atoms with Crippen molar-refractivity contribution in [3.05, 3.63) is 58.7 Å². The van der Waals surface area contributed by atoms with E-state index in [1.54, 1.807) is 13.3 Å². The van der Waals surface area contributed by atoms with Crippen LogP contribution in [0.3, 0.4) is 0 Å². The summed E-state index contributed by atoms with van der Waals surface area (Å²) in [6.45, 7) is 2.04. The summed E-state index contributed by atoms with van der Waals surface area (Å²) in [7, 11) is 1.66. The zero-order valence-corrected chi connectivity index (χ0v) is 13.3. The average Bonchev–Trinajstić information content (AvgIpc) is 2.49. The molecule has 0 spiro atoms. The van der Waals surface area contributed by atoms with Gasteiger partial charge in [0.15, 0.2) is 0 Å². The van der Waals surface area contributed by atoms with Gasteiger partial charge in [-0.05, 0) is 70.2 Å². The number of nitrogens with zero attached hydrogens (tertiary/aromatic N) is 1. The van der Waals surface area contributed by atoms with Crippen LogP contribution < -0.4 is 9.47 Å². The predicted octanol–water partition coefficient (Wildman–Crippen LogP) is 5.11. The van der Waals surface area contributed by atoms with Crippen LogP contribution in [0, 0.1) is 6.92 Å². The van der Waals surface area contributed by atoms with Gasteiger partial charge in [0, 0.05) is 11.6 Å². The molecule has 4 heteroatoms. The number of hydrogen-bond donors (Lipinski definition) is 0. The molecule has 0 unspecified atom stereocenters. The fourth-order valence-corrected chi connectivity index (χ4v) is 2.70. The molecule has 3 rings (SSSR count). The van der Waals surface area contributed by atoms with Crippen LogP contribution in [-0.4, -0.2) is 12.1 Å². The van der Waals surface area contributed by atoms with Gasteiger partial charge in [0.05, 0.1) is 11.6 Å².